The van der Waals surface area contributed by atoms with E-state index in [0.717, 1.165) is 77.0 Å². The first-order chi connectivity index (χ1) is 22.5. The van der Waals surface area contributed by atoms with Crippen LogP contribution < -0.4 is 0 Å². The number of hydrogen-bond acceptors (Lipinski definition) is 7. The number of benzene rings is 2. The van der Waals surface area contributed by atoms with Crippen LogP contribution in [0.4, 0.5) is 0 Å². The van der Waals surface area contributed by atoms with Gasteiger partial charge in [-0.05, 0) is 164 Å². The Kier molecular flexibility index (Phi) is 7.73. The summed E-state index contributed by atoms with van der Waals surface area (Å²) in [6.45, 7) is 4.37. The Hall–Kier alpha value is -2.61. The second kappa shape index (κ2) is 11.5. The largest absolute Gasteiger partial charge is 0.508 e. The number of aromatic hydroxyl groups is 2. The first kappa shape index (κ1) is 31.6. The molecule has 9 rings (SSSR count). The third-order valence-corrected chi connectivity index (χ3v) is 14.5. The van der Waals surface area contributed by atoms with E-state index < -0.39 is 18.3 Å². The van der Waals surface area contributed by atoms with E-state index >= 15 is 0 Å². The van der Waals surface area contributed by atoms with Gasteiger partial charge >= 0.3 is 5.97 Å². The monoisotopic (exact) mass is 644 g/mol. The van der Waals surface area contributed by atoms with E-state index in [1.54, 1.807) is 12.1 Å². The lowest BCUT2D eigenvalue weighted by Crippen LogP contribution is -2.45. The molecule has 6 unspecified atom stereocenters. The van der Waals surface area contributed by atoms with E-state index in [1.807, 2.05) is 12.1 Å². The molecule has 0 amide bonds. The van der Waals surface area contributed by atoms with Gasteiger partial charge in [0.1, 0.15) is 17.6 Å². The van der Waals surface area contributed by atoms with Crippen LogP contribution in [0.25, 0.3) is 0 Å². The lowest BCUT2D eigenvalue weighted by Gasteiger charge is -2.49. The van der Waals surface area contributed by atoms with Crippen LogP contribution >= 0.6 is 0 Å². The minimum absolute atomic E-state index is 0.0830. The van der Waals surface area contributed by atoms with Crippen molar-refractivity contribution in [3.63, 3.8) is 0 Å². The van der Waals surface area contributed by atoms with Crippen molar-refractivity contribution < 1.29 is 35.1 Å². The molecule has 7 aliphatic rings. The van der Waals surface area contributed by atoms with Gasteiger partial charge in [0.05, 0.1) is 24.2 Å². The number of carbonyl (C=O) groups is 1. The highest BCUT2D eigenvalue weighted by atomic mass is 16.6. The zero-order valence-electron chi connectivity index (χ0n) is 27.9. The predicted octanol–water partition coefficient (Wildman–Crippen LogP) is 6.12. The molecule has 0 radical (unpaired) electrons. The van der Waals surface area contributed by atoms with E-state index in [-0.39, 0.29) is 28.8 Å². The Morgan fingerprint density at radius 1 is 0.702 bits per heavy atom. The number of aryl methyl sites for hydroxylation is 2. The van der Waals surface area contributed by atoms with Gasteiger partial charge < -0.3 is 30.3 Å². The SMILES string of the molecule is C[C@]12CCC3c4ccc(O)cc4CCC3C1C[C@@H](O)[C@@H]2O.C[C@]12CCC3c4ccc(O)cc4CCC3C1C[C@@H](OC(=O)C1CC1)[C@@H]2O. The highest BCUT2D eigenvalue weighted by Gasteiger charge is 2.60. The van der Waals surface area contributed by atoms with Crippen LogP contribution in [0.15, 0.2) is 36.4 Å². The summed E-state index contributed by atoms with van der Waals surface area (Å²) in [7, 11) is 0. The van der Waals surface area contributed by atoms with Gasteiger partial charge in [-0.25, -0.2) is 0 Å². The number of rotatable bonds is 2. The first-order valence-electron chi connectivity index (χ1n) is 18.4. The normalized spacial score (nSPS) is 42.7. The summed E-state index contributed by atoms with van der Waals surface area (Å²) in [6, 6.07) is 11.6. The second-order valence-electron chi connectivity index (χ2n) is 16.9. The van der Waals surface area contributed by atoms with E-state index in [1.165, 1.54) is 22.3 Å². The van der Waals surface area contributed by atoms with Gasteiger partial charge in [-0.15, -0.1) is 0 Å². The van der Waals surface area contributed by atoms with Gasteiger partial charge in [0.25, 0.3) is 0 Å². The molecule has 7 aliphatic carbocycles. The number of esters is 1. The molecule has 0 aliphatic heterocycles. The molecule has 2 aromatic carbocycles. The molecule has 254 valence electrons. The molecule has 5 N–H and O–H groups in total. The number of phenols is 2. The van der Waals surface area contributed by atoms with Gasteiger partial charge in [0, 0.05) is 5.41 Å². The molecule has 0 bridgehead atoms. The second-order valence-corrected chi connectivity index (χ2v) is 16.9. The average molecular weight is 645 g/mol. The van der Waals surface area contributed by atoms with Gasteiger partial charge in [-0.2, -0.15) is 0 Å². The number of hydrogen-bond donors (Lipinski definition) is 5. The van der Waals surface area contributed by atoms with Crippen molar-refractivity contribution in [2.45, 2.75) is 127 Å². The fourth-order valence-corrected chi connectivity index (χ4v) is 11.8. The summed E-state index contributed by atoms with van der Waals surface area (Å²) in [5.74, 6) is 3.64. The molecule has 47 heavy (non-hydrogen) atoms. The molecule has 0 aromatic heterocycles. The van der Waals surface area contributed by atoms with Crippen LogP contribution in [0.5, 0.6) is 11.5 Å². The maximum absolute atomic E-state index is 12.1. The molecule has 0 heterocycles. The van der Waals surface area contributed by atoms with Crippen LogP contribution in [0.3, 0.4) is 0 Å². The van der Waals surface area contributed by atoms with Crippen molar-refractivity contribution >= 4 is 5.97 Å². The van der Waals surface area contributed by atoms with Gasteiger partial charge in [-0.1, -0.05) is 26.0 Å². The standard InChI is InChI=1S/C22H28O4.C18H24O3/c1-22-9-8-16-15-7-5-14(23)10-13(15)4-6-17(16)18(22)11-19(20(22)24)26-21(25)12-2-3-12;1-18-7-6-13-12-5-3-11(19)8-10(12)2-4-14(13)15(18)9-16(20)17(18)21/h5,7,10,12,16-20,23-24H,2-4,6,8-9,11H2,1H3;3,5,8,13-17,19-21H,2,4,6-7,9H2,1H3/t16?,17?,18?,19-,20+,22+;13?,14?,15?,16-,17+,18+/m11/s1. The quantitative estimate of drug-likeness (QED) is 0.249. The zero-order chi connectivity index (χ0) is 32.8. The summed E-state index contributed by atoms with van der Waals surface area (Å²) in [6.07, 6.45) is 9.72. The predicted molar refractivity (Wildman–Crippen MR) is 177 cm³/mol. The third-order valence-electron chi connectivity index (χ3n) is 14.5. The molecular weight excluding hydrogens is 592 g/mol. The average Bonchev–Trinajstić information content (AvgIpc) is 3.84. The maximum atomic E-state index is 12.1. The third kappa shape index (κ3) is 5.13. The summed E-state index contributed by atoms with van der Waals surface area (Å²) < 4.78 is 5.75. The van der Waals surface area contributed by atoms with Crippen LogP contribution in [0.1, 0.15) is 112 Å². The first-order valence-corrected chi connectivity index (χ1v) is 18.4. The maximum Gasteiger partial charge on any atom is 0.309 e. The van der Waals surface area contributed by atoms with Gasteiger partial charge in [-0.3, -0.25) is 4.79 Å². The number of aliphatic hydroxyl groups excluding tert-OH is 3. The highest BCUT2D eigenvalue weighted by Crippen LogP contribution is 2.62. The summed E-state index contributed by atoms with van der Waals surface area (Å²) >= 11 is 0. The van der Waals surface area contributed by atoms with Crippen molar-refractivity contribution in [2.75, 3.05) is 0 Å². The Bertz CT molecular complexity index is 1530. The Morgan fingerprint density at radius 3 is 1.74 bits per heavy atom. The topological polar surface area (TPSA) is 127 Å². The Labute approximate surface area is 278 Å². The molecule has 7 heteroatoms. The fourth-order valence-electron chi connectivity index (χ4n) is 11.8. The lowest BCUT2D eigenvalue weighted by atomic mass is 9.55. The van der Waals surface area contributed by atoms with Crippen molar-refractivity contribution in [1.29, 1.82) is 0 Å². The molecule has 7 nitrogen and oxygen atoms in total. The molecule has 12 atom stereocenters. The van der Waals surface area contributed by atoms with E-state index in [4.69, 9.17) is 4.74 Å². The molecule has 5 saturated carbocycles. The van der Waals surface area contributed by atoms with E-state index in [2.05, 4.69) is 26.0 Å². The van der Waals surface area contributed by atoms with Gasteiger partial charge in [0.2, 0.25) is 0 Å². The number of fused-ring (bicyclic) bond motifs is 10. The van der Waals surface area contributed by atoms with Gasteiger partial charge in [0.15, 0.2) is 0 Å². The molecule has 0 saturated heterocycles. The fraction of sp³-hybridized carbons (Fsp3) is 0.675. The molecule has 5 fully saturated rings. The number of phenolic OH excluding ortho intramolecular Hbond substituents is 2. The van der Waals surface area contributed by atoms with E-state index in [0.29, 0.717) is 47.0 Å². The van der Waals surface area contributed by atoms with Crippen LogP contribution in [-0.2, 0) is 22.4 Å². The van der Waals surface area contributed by atoms with Crippen molar-refractivity contribution in [2.24, 2.45) is 40.4 Å². The number of ether oxygens (including phenoxy) is 1. The summed E-state index contributed by atoms with van der Waals surface area (Å²) in [5, 5.41) is 51.0. The lowest BCUT2D eigenvalue weighted by molar-refractivity contribution is -0.157. The summed E-state index contributed by atoms with van der Waals surface area (Å²) in [5.41, 5.74) is 5.08. The molecular formula is C40H52O7. The zero-order valence-corrected chi connectivity index (χ0v) is 27.9. The van der Waals surface area contributed by atoms with Crippen molar-refractivity contribution in [1.82, 2.24) is 0 Å². The molecule has 0 spiro atoms. The highest BCUT2D eigenvalue weighted by molar-refractivity contribution is 5.75. The Morgan fingerprint density at radius 2 is 1.21 bits per heavy atom. The molecule has 2 aromatic rings. The minimum atomic E-state index is -0.565. The minimum Gasteiger partial charge on any atom is -0.508 e. The van der Waals surface area contributed by atoms with E-state index in [9.17, 15) is 30.3 Å². The smallest absolute Gasteiger partial charge is 0.309 e. The number of aliphatic hydroxyl groups is 3. The summed E-state index contributed by atoms with van der Waals surface area (Å²) in [4.78, 5) is 12.1. The van der Waals surface area contributed by atoms with Crippen LogP contribution in [0.2, 0.25) is 0 Å². The van der Waals surface area contributed by atoms with Crippen molar-refractivity contribution in [3.05, 3.63) is 58.7 Å². The number of carbonyl (C=O) groups excluding carboxylic acids is 1. The Balaban J connectivity index is 0.000000141. The van der Waals surface area contributed by atoms with Crippen LogP contribution in [0, 0.1) is 40.4 Å². The van der Waals surface area contributed by atoms with Crippen LogP contribution in [-0.4, -0.2) is 55.9 Å². The van der Waals surface area contributed by atoms with Crippen molar-refractivity contribution in [3.8, 4) is 11.5 Å².